The molecule has 0 aliphatic carbocycles. The molecule has 0 saturated heterocycles. The maximum Gasteiger partial charge on any atom is 0.155 e. The topological polar surface area (TPSA) is 69.5 Å². The molecular weight excluding hydrogens is 314 g/mol. The van der Waals surface area contributed by atoms with Gasteiger partial charge in [0.25, 0.3) is 0 Å². The average Bonchev–Trinajstić information content (AvgIpc) is 3.00. The highest BCUT2D eigenvalue weighted by Gasteiger charge is 2.24. The van der Waals surface area contributed by atoms with Crippen LogP contribution in [0.25, 0.3) is 11.3 Å². The Hall–Kier alpha value is -3.08. The third-order valence-corrected chi connectivity index (χ3v) is 4.62. The second kappa shape index (κ2) is 5.77. The monoisotopic (exact) mass is 333 g/mol. The van der Waals surface area contributed by atoms with Crippen molar-refractivity contribution in [2.75, 3.05) is 11.4 Å². The summed E-state index contributed by atoms with van der Waals surface area (Å²) in [6.07, 6.45) is 0.866. The maximum atomic E-state index is 10.3. The number of aromatic hydroxyl groups is 2. The summed E-state index contributed by atoms with van der Waals surface area (Å²) in [5.74, 6) is 1.16. The van der Waals surface area contributed by atoms with Crippen molar-refractivity contribution in [3.05, 3.63) is 59.2 Å². The standard InChI is InChI=1S/C20H19N3O2/c1-12-10-13(2)19(17(25)11-12)15-6-7-18(22-21-15)23-9-8-14-4-3-5-16(24)20(14)23/h3-7,10-11,24-25H,8-9H2,1-2H3. The molecule has 0 radical (unpaired) electrons. The molecule has 1 aliphatic heterocycles. The molecule has 0 saturated carbocycles. The Morgan fingerprint density at radius 3 is 2.52 bits per heavy atom. The summed E-state index contributed by atoms with van der Waals surface area (Å²) in [5, 5.41) is 29.1. The number of hydrogen-bond donors (Lipinski definition) is 2. The summed E-state index contributed by atoms with van der Waals surface area (Å²) < 4.78 is 0. The van der Waals surface area contributed by atoms with Gasteiger partial charge >= 0.3 is 0 Å². The molecule has 1 aliphatic rings. The molecule has 126 valence electrons. The lowest BCUT2D eigenvalue weighted by molar-refractivity contribution is 0.476. The minimum atomic E-state index is 0.212. The van der Waals surface area contributed by atoms with Crippen LogP contribution in [-0.4, -0.2) is 27.0 Å². The van der Waals surface area contributed by atoms with E-state index in [0.29, 0.717) is 17.1 Å². The average molecular weight is 333 g/mol. The number of aromatic nitrogens is 2. The number of hydrogen-bond acceptors (Lipinski definition) is 5. The fourth-order valence-electron chi connectivity index (χ4n) is 3.55. The van der Waals surface area contributed by atoms with Crippen molar-refractivity contribution in [1.29, 1.82) is 0 Å². The third kappa shape index (κ3) is 2.58. The lowest BCUT2D eigenvalue weighted by Gasteiger charge is -2.19. The fourth-order valence-corrected chi connectivity index (χ4v) is 3.55. The molecule has 25 heavy (non-hydrogen) atoms. The zero-order chi connectivity index (χ0) is 17.6. The minimum absolute atomic E-state index is 0.212. The molecule has 0 atom stereocenters. The Bertz CT molecular complexity index is 929. The van der Waals surface area contributed by atoms with Crippen molar-refractivity contribution >= 4 is 11.5 Å². The molecule has 2 N–H and O–H groups in total. The van der Waals surface area contributed by atoms with Crippen molar-refractivity contribution in [1.82, 2.24) is 10.2 Å². The minimum Gasteiger partial charge on any atom is -0.507 e. The van der Waals surface area contributed by atoms with Gasteiger partial charge < -0.3 is 15.1 Å². The molecule has 0 amide bonds. The molecular formula is C20H19N3O2. The van der Waals surface area contributed by atoms with Gasteiger partial charge in [-0.3, -0.25) is 0 Å². The van der Waals surface area contributed by atoms with Crippen LogP contribution in [0.15, 0.2) is 42.5 Å². The van der Waals surface area contributed by atoms with E-state index in [1.54, 1.807) is 12.1 Å². The lowest BCUT2D eigenvalue weighted by Crippen LogP contribution is -2.15. The molecule has 0 bridgehead atoms. The van der Waals surface area contributed by atoms with E-state index in [1.807, 2.05) is 49.1 Å². The first-order valence-corrected chi connectivity index (χ1v) is 8.27. The number of rotatable bonds is 2. The number of anilines is 2. The van der Waals surface area contributed by atoms with Gasteiger partial charge in [-0.05, 0) is 61.2 Å². The summed E-state index contributed by atoms with van der Waals surface area (Å²) in [6.45, 7) is 4.66. The Morgan fingerprint density at radius 1 is 0.960 bits per heavy atom. The molecule has 5 heteroatoms. The highest BCUT2D eigenvalue weighted by Crippen LogP contribution is 2.40. The number of aryl methyl sites for hydroxylation is 2. The van der Waals surface area contributed by atoms with Crippen molar-refractivity contribution in [2.45, 2.75) is 20.3 Å². The molecule has 2 heterocycles. The number of para-hydroxylation sites is 1. The first-order chi connectivity index (χ1) is 12.0. The SMILES string of the molecule is Cc1cc(C)c(-c2ccc(N3CCc4cccc(O)c43)nn2)c(O)c1. The van der Waals surface area contributed by atoms with Crippen LogP contribution in [0.5, 0.6) is 11.5 Å². The second-order valence-corrected chi connectivity index (χ2v) is 6.44. The van der Waals surface area contributed by atoms with E-state index in [9.17, 15) is 10.2 Å². The van der Waals surface area contributed by atoms with Gasteiger partial charge in [-0.15, -0.1) is 10.2 Å². The number of benzene rings is 2. The molecule has 4 rings (SSSR count). The Labute approximate surface area is 146 Å². The molecule has 0 unspecified atom stereocenters. The molecule has 3 aromatic rings. The van der Waals surface area contributed by atoms with Crippen LogP contribution >= 0.6 is 0 Å². The third-order valence-electron chi connectivity index (χ3n) is 4.62. The van der Waals surface area contributed by atoms with Gasteiger partial charge in [0.15, 0.2) is 5.82 Å². The van der Waals surface area contributed by atoms with Crippen LogP contribution in [0.1, 0.15) is 16.7 Å². The van der Waals surface area contributed by atoms with E-state index in [1.165, 1.54) is 0 Å². The van der Waals surface area contributed by atoms with Crippen LogP contribution in [-0.2, 0) is 6.42 Å². The number of phenols is 2. The van der Waals surface area contributed by atoms with E-state index in [0.717, 1.165) is 35.3 Å². The van der Waals surface area contributed by atoms with Crippen LogP contribution in [0.4, 0.5) is 11.5 Å². The maximum absolute atomic E-state index is 10.3. The fraction of sp³-hybridized carbons (Fsp3) is 0.200. The Morgan fingerprint density at radius 2 is 1.80 bits per heavy atom. The van der Waals surface area contributed by atoms with Gasteiger partial charge in [0.1, 0.15) is 11.5 Å². The first kappa shape index (κ1) is 15.4. The number of nitrogens with zero attached hydrogens (tertiary/aromatic N) is 3. The molecule has 5 nitrogen and oxygen atoms in total. The van der Waals surface area contributed by atoms with Gasteiger partial charge in [-0.1, -0.05) is 18.2 Å². The number of phenolic OH excluding ortho intramolecular Hbond substituents is 2. The largest absolute Gasteiger partial charge is 0.507 e. The van der Waals surface area contributed by atoms with Crippen molar-refractivity contribution < 1.29 is 10.2 Å². The summed E-state index contributed by atoms with van der Waals surface area (Å²) in [4.78, 5) is 1.98. The number of fused-ring (bicyclic) bond motifs is 1. The van der Waals surface area contributed by atoms with E-state index >= 15 is 0 Å². The van der Waals surface area contributed by atoms with Crippen molar-refractivity contribution in [3.8, 4) is 22.8 Å². The molecule has 1 aromatic heterocycles. The van der Waals surface area contributed by atoms with Crippen LogP contribution in [0.2, 0.25) is 0 Å². The second-order valence-electron chi connectivity index (χ2n) is 6.44. The van der Waals surface area contributed by atoms with Crippen LogP contribution in [0, 0.1) is 13.8 Å². The molecule has 0 fully saturated rings. The van der Waals surface area contributed by atoms with E-state index in [4.69, 9.17) is 0 Å². The van der Waals surface area contributed by atoms with E-state index in [-0.39, 0.29) is 11.5 Å². The normalized spacial score (nSPS) is 13.1. The highest BCUT2D eigenvalue weighted by molar-refractivity contribution is 5.75. The van der Waals surface area contributed by atoms with Gasteiger partial charge in [-0.2, -0.15) is 0 Å². The quantitative estimate of drug-likeness (QED) is 0.745. The van der Waals surface area contributed by atoms with Crippen LogP contribution < -0.4 is 4.90 Å². The Kier molecular flexibility index (Phi) is 3.57. The predicted molar refractivity (Wildman–Crippen MR) is 97.4 cm³/mol. The van der Waals surface area contributed by atoms with Crippen molar-refractivity contribution in [2.24, 2.45) is 0 Å². The van der Waals surface area contributed by atoms with E-state index < -0.39 is 0 Å². The summed E-state index contributed by atoms with van der Waals surface area (Å²) >= 11 is 0. The smallest absolute Gasteiger partial charge is 0.155 e. The van der Waals surface area contributed by atoms with Gasteiger partial charge in [0.05, 0.1) is 11.4 Å². The van der Waals surface area contributed by atoms with E-state index in [2.05, 4.69) is 10.2 Å². The first-order valence-electron chi connectivity index (χ1n) is 8.27. The summed E-state index contributed by atoms with van der Waals surface area (Å²) in [5.41, 5.74) is 5.22. The highest BCUT2D eigenvalue weighted by atomic mass is 16.3. The predicted octanol–water partition coefficient (Wildman–Crippen LogP) is 3.87. The van der Waals surface area contributed by atoms with Gasteiger partial charge in [0, 0.05) is 12.1 Å². The summed E-state index contributed by atoms with van der Waals surface area (Å²) in [6, 6.07) is 13.0. The molecule has 0 spiro atoms. The Balaban J connectivity index is 1.72. The zero-order valence-corrected chi connectivity index (χ0v) is 14.2. The van der Waals surface area contributed by atoms with Crippen molar-refractivity contribution in [3.63, 3.8) is 0 Å². The zero-order valence-electron chi connectivity index (χ0n) is 14.2. The van der Waals surface area contributed by atoms with Gasteiger partial charge in [0.2, 0.25) is 0 Å². The van der Waals surface area contributed by atoms with Crippen LogP contribution in [0.3, 0.4) is 0 Å². The summed E-state index contributed by atoms with van der Waals surface area (Å²) in [7, 11) is 0. The lowest BCUT2D eigenvalue weighted by atomic mass is 10.0. The molecule has 2 aromatic carbocycles. The van der Waals surface area contributed by atoms with Gasteiger partial charge in [-0.25, -0.2) is 0 Å².